The van der Waals surface area contributed by atoms with Crippen LogP contribution in [-0.2, 0) is 11.2 Å². The van der Waals surface area contributed by atoms with Crippen LogP contribution in [0.2, 0.25) is 0 Å². The van der Waals surface area contributed by atoms with Crippen molar-refractivity contribution in [3.05, 3.63) is 58.1 Å². The largest absolute Gasteiger partial charge is 0.496 e. The highest BCUT2D eigenvalue weighted by atomic mass is 79.9. The molecule has 2 aromatic rings. The Balaban J connectivity index is 1.81. The van der Waals surface area contributed by atoms with Crippen molar-refractivity contribution in [2.24, 2.45) is 0 Å². The zero-order valence-corrected chi connectivity index (χ0v) is 14.4. The van der Waals surface area contributed by atoms with Gasteiger partial charge in [0.15, 0.2) is 0 Å². The third-order valence-corrected chi connectivity index (χ3v) is 3.93. The van der Waals surface area contributed by atoms with Crippen molar-refractivity contribution in [3.63, 3.8) is 0 Å². The molecule has 0 aliphatic heterocycles. The quantitative estimate of drug-likeness (QED) is 0.807. The average molecular weight is 362 g/mol. The van der Waals surface area contributed by atoms with Crippen molar-refractivity contribution >= 4 is 27.5 Å². The lowest BCUT2D eigenvalue weighted by Crippen LogP contribution is -2.11. The monoisotopic (exact) mass is 361 g/mol. The molecule has 0 fully saturated rings. The van der Waals surface area contributed by atoms with E-state index in [-0.39, 0.29) is 5.91 Å². The minimum absolute atomic E-state index is 0.0448. The van der Waals surface area contributed by atoms with Crippen LogP contribution in [0.25, 0.3) is 0 Å². The zero-order valence-electron chi connectivity index (χ0n) is 12.9. The minimum Gasteiger partial charge on any atom is -0.496 e. The molecule has 22 heavy (non-hydrogen) atoms. The van der Waals surface area contributed by atoms with Gasteiger partial charge in [0, 0.05) is 16.6 Å². The third kappa shape index (κ3) is 4.88. The maximum atomic E-state index is 11.9. The first kappa shape index (κ1) is 16.6. The van der Waals surface area contributed by atoms with Crippen molar-refractivity contribution in [1.82, 2.24) is 0 Å². The van der Waals surface area contributed by atoms with Crippen LogP contribution in [0.3, 0.4) is 0 Å². The molecule has 0 saturated carbocycles. The molecule has 0 saturated heterocycles. The summed E-state index contributed by atoms with van der Waals surface area (Å²) in [6.07, 6.45) is 2.22. The van der Waals surface area contributed by atoms with E-state index < -0.39 is 0 Å². The van der Waals surface area contributed by atoms with Crippen LogP contribution < -0.4 is 10.1 Å². The molecule has 2 rings (SSSR count). The van der Waals surface area contributed by atoms with Gasteiger partial charge in [-0.3, -0.25) is 4.79 Å². The number of anilines is 1. The Bertz CT molecular complexity index is 655. The van der Waals surface area contributed by atoms with Gasteiger partial charge in [0.25, 0.3) is 0 Å². The minimum atomic E-state index is 0.0448. The number of methoxy groups -OCH3 is 1. The predicted molar refractivity (Wildman–Crippen MR) is 93.4 cm³/mol. The van der Waals surface area contributed by atoms with Gasteiger partial charge in [-0.2, -0.15) is 0 Å². The van der Waals surface area contributed by atoms with E-state index in [0.717, 1.165) is 34.3 Å². The molecule has 0 aromatic heterocycles. The van der Waals surface area contributed by atoms with Crippen molar-refractivity contribution in [2.45, 2.75) is 26.2 Å². The van der Waals surface area contributed by atoms with Crippen LogP contribution >= 0.6 is 15.9 Å². The first-order valence-corrected chi connectivity index (χ1v) is 8.06. The number of amides is 1. The van der Waals surface area contributed by atoms with E-state index in [1.807, 2.05) is 37.3 Å². The van der Waals surface area contributed by atoms with E-state index in [4.69, 9.17) is 4.74 Å². The van der Waals surface area contributed by atoms with Crippen LogP contribution in [0.15, 0.2) is 46.9 Å². The number of carbonyl (C=O) groups excluding carboxylic acids is 1. The van der Waals surface area contributed by atoms with Crippen LogP contribution in [-0.4, -0.2) is 13.0 Å². The number of hydrogen-bond donors (Lipinski definition) is 1. The SMILES string of the molecule is COc1ccc(CCCC(=O)Nc2cccc(Br)c2)cc1C. The normalized spacial score (nSPS) is 10.3. The van der Waals surface area contributed by atoms with E-state index >= 15 is 0 Å². The molecule has 0 aliphatic carbocycles. The molecule has 1 amide bonds. The standard InChI is InChI=1S/C18H20BrNO2/c1-13-11-14(9-10-17(13)22-2)5-3-8-18(21)20-16-7-4-6-15(19)12-16/h4,6-7,9-12H,3,5,8H2,1-2H3,(H,20,21). The first-order valence-electron chi connectivity index (χ1n) is 7.27. The van der Waals surface area contributed by atoms with Crippen LogP contribution in [0.5, 0.6) is 5.75 Å². The molecule has 0 atom stereocenters. The highest BCUT2D eigenvalue weighted by Gasteiger charge is 2.04. The van der Waals surface area contributed by atoms with Crippen LogP contribution in [0.4, 0.5) is 5.69 Å². The van der Waals surface area contributed by atoms with Crippen molar-refractivity contribution in [1.29, 1.82) is 0 Å². The fourth-order valence-electron chi connectivity index (χ4n) is 2.34. The molecular formula is C18H20BrNO2. The summed E-state index contributed by atoms with van der Waals surface area (Å²) in [6, 6.07) is 13.8. The van der Waals surface area contributed by atoms with Gasteiger partial charge < -0.3 is 10.1 Å². The van der Waals surface area contributed by atoms with E-state index in [0.29, 0.717) is 6.42 Å². The number of hydrogen-bond acceptors (Lipinski definition) is 2. The maximum absolute atomic E-state index is 11.9. The lowest BCUT2D eigenvalue weighted by Gasteiger charge is -2.08. The summed E-state index contributed by atoms with van der Waals surface area (Å²) in [5, 5.41) is 2.91. The van der Waals surface area contributed by atoms with Gasteiger partial charge in [-0.25, -0.2) is 0 Å². The van der Waals surface area contributed by atoms with E-state index in [1.54, 1.807) is 7.11 Å². The Morgan fingerprint density at radius 1 is 1.23 bits per heavy atom. The van der Waals surface area contributed by atoms with Gasteiger partial charge in [0.1, 0.15) is 5.75 Å². The fraction of sp³-hybridized carbons (Fsp3) is 0.278. The molecule has 0 unspecified atom stereocenters. The molecule has 116 valence electrons. The molecule has 1 N–H and O–H groups in total. The second-order valence-corrected chi connectivity index (χ2v) is 6.13. The number of rotatable bonds is 6. The van der Waals surface area contributed by atoms with E-state index in [1.165, 1.54) is 5.56 Å². The summed E-state index contributed by atoms with van der Waals surface area (Å²) in [7, 11) is 1.67. The molecular weight excluding hydrogens is 342 g/mol. The topological polar surface area (TPSA) is 38.3 Å². The molecule has 0 spiro atoms. The Morgan fingerprint density at radius 3 is 2.73 bits per heavy atom. The summed E-state index contributed by atoms with van der Waals surface area (Å²) in [4.78, 5) is 11.9. The smallest absolute Gasteiger partial charge is 0.224 e. The summed E-state index contributed by atoms with van der Waals surface area (Å²) < 4.78 is 6.21. The molecule has 0 heterocycles. The number of benzene rings is 2. The Kier molecular flexibility index (Phi) is 6.01. The summed E-state index contributed by atoms with van der Waals surface area (Å²) >= 11 is 3.39. The molecule has 0 bridgehead atoms. The van der Waals surface area contributed by atoms with Gasteiger partial charge in [0.05, 0.1) is 7.11 Å². The number of nitrogens with one attached hydrogen (secondary N) is 1. The maximum Gasteiger partial charge on any atom is 0.224 e. The van der Waals surface area contributed by atoms with Gasteiger partial charge in [0.2, 0.25) is 5.91 Å². The van der Waals surface area contributed by atoms with Crippen LogP contribution in [0, 0.1) is 6.92 Å². The van der Waals surface area contributed by atoms with Gasteiger partial charge in [-0.1, -0.05) is 34.1 Å². The van der Waals surface area contributed by atoms with E-state index in [9.17, 15) is 4.79 Å². The Labute approximate surface area is 139 Å². The second-order valence-electron chi connectivity index (χ2n) is 5.22. The summed E-state index contributed by atoms with van der Waals surface area (Å²) in [6.45, 7) is 2.03. The highest BCUT2D eigenvalue weighted by Crippen LogP contribution is 2.20. The second kappa shape index (κ2) is 7.99. The predicted octanol–water partition coefficient (Wildman–Crippen LogP) is 4.73. The molecule has 3 nitrogen and oxygen atoms in total. The van der Waals surface area contributed by atoms with E-state index in [2.05, 4.69) is 33.4 Å². The lowest BCUT2D eigenvalue weighted by atomic mass is 10.0. The van der Waals surface area contributed by atoms with Gasteiger partial charge in [-0.05, 0) is 55.2 Å². The zero-order chi connectivity index (χ0) is 15.9. The fourth-order valence-corrected chi connectivity index (χ4v) is 2.74. The number of halogens is 1. The van der Waals surface area contributed by atoms with Crippen molar-refractivity contribution < 1.29 is 9.53 Å². The molecule has 2 aromatic carbocycles. The first-order chi connectivity index (χ1) is 10.6. The van der Waals surface area contributed by atoms with Gasteiger partial charge in [-0.15, -0.1) is 0 Å². The molecule has 0 aliphatic rings. The molecule has 4 heteroatoms. The number of carbonyl (C=O) groups is 1. The van der Waals surface area contributed by atoms with Crippen molar-refractivity contribution in [3.8, 4) is 5.75 Å². The third-order valence-electron chi connectivity index (χ3n) is 3.44. The highest BCUT2D eigenvalue weighted by molar-refractivity contribution is 9.10. The summed E-state index contributed by atoms with van der Waals surface area (Å²) in [5.41, 5.74) is 3.17. The summed E-state index contributed by atoms with van der Waals surface area (Å²) in [5.74, 6) is 0.944. The number of aryl methyl sites for hydroxylation is 2. The van der Waals surface area contributed by atoms with Gasteiger partial charge >= 0.3 is 0 Å². The molecule has 0 radical (unpaired) electrons. The lowest BCUT2D eigenvalue weighted by molar-refractivity contribution is -0.116. The van der Waals surface area contributed by atoms with Crippen molar-refractivity contribution in [2.75, 3.05) is 12.4 Å². The average Bonchev–Trinajstić information content (AvgIpc) is 2.47. The van der Waals surface area contributed by atoms with Crippen LogP contribution in [0.1, 0.15) is 24.0 Å². The Morgan fingerprint density at radius 2 is 2.05 bits per heavy atom. The Hall–Kier alpha value is -1.81. The number of ether oxygens (including phenoxy) is 1.